The third kappa shape index (κ3) is 23.0. The van der Waals surface area contributed by atoms with Crippen molar-refractivity contribution in [3.05, 3.63) is 12.2 Å². The van der Waals surface area contributed by atoms with E-state index < -0.39 is 75.2 Å². The third-order valence-corrected chi connectivity index (χ3v) is 11.1. The zero-order valence-electron chi connectivity index (χ0n) is 32.7. The van der Waals surface area contributed by atoms with Gasteiger partial charge >= 0.3 is 7.82 Å². The number of carbonyl (C=O) groups is 1. The second-order valence-corrected chi connectivity index (χ2v) is 16.4. The molecule has 0 heterocycles. The lowest BCUT2D eigenvalue weighted by Gasteiger charge is -2.41. The molecule has 1 aliphatic rings. The number of unbranched alkanes of at least 4 members (excludes halogenated alkanes) is 18. The lowest BCUT2D eigenvalue weighted by atomic mass is 9.85. The van der Waals surface area contributed by atoms with E-state index in [4.69, 9.17) is 9.05 Å². The lowest BCUT2D eigenvalue weighted by Crippen LogP contribution is -2.64. The van der Waals surface area contributed by atoms with Crippen LogP contribution in [0.3, 0.4) is 0 Å². The van der Waals surface area contributed by atoms with Gasteiger partial charge in [0.1, 0.15) is 36.6 Å². The molecule has 0 aromatic heterocycles. The van der Waals surface area contributed by atoms with Gasteiger partial charge in [-0.1, -0.05) is 135 Å². The number of nitrogens with one attached hydrogen (secondary N) is 1. The average Bonchev–Trinajstić information content (AvgIpc) is 3.12. The second kappa shape index (κ2) is 30.2. The zero-order valence-corrected chi connectivity index (χ0v) is 33.6. The molecule has 0 aromatic carbocycles. The van der Waals surface area contributed by atoms with Crippen LogP contribution in [-0.2, 0) is 18.4 Å². The van der Waals surface area contributed by atoms with Crippen molar-refractivity contribution < 1.29 is 59.0 Å². The summed E-state index contributed by atoms with van der Waals surface area (Å²) in [6.07, 6.45) is 15.6. The van der Waals surface area contributed by atoms with Crippen molar-refractivity contribution in [1.29, 1.82) is 0 Å². The molecular weight excluding hydrogens is 705 g/mol. The van der Waals surface area contributed by atoms with Gasteiger partial charge in [0.25, 0.3) is 0 Å². The largest absolute Gasteiger partial charge is 0.472 e. The maximum absolute atomic E-state index is 12.8. The number of rotatable bonds is 33. The van der Waals surface area contributed by atoms with Gasteiger partial charge in [-0.2, -0.15) is 0 Å². The highest BCUT2D eigenvalue weighted by Crippen LogP contribution is 2.47. The van der Waals surface area contributed by atoms with Crippen molar-refractivity contribution >= 4 is 13.7 Å². The molecule has 8 unspecified atom stereocenters. The van der Waals surface area contributed by atoms with Crippen molar-refractivity contribution in [3.63, 3.8) is 0 Å². The quantitative estimate of drug-likeness (QED) is 0.0230. The van der Waals surface area contributed by atoms with E-state index in [1.54, 1.807) is 0 Å². The number of aliphatic hydroxyl groups excluding tert-OH is 7. The topological polar surface area (TPSA) is 226 Å². The van der Waals surface area contributed by atoms with E-state index in [1.165, 1.54) is 70.6 Å². The molecule has 0 bridgehead atoms. The lowest BCUT2D eigenvalue weighted by molar-refractivity contribution is -0.220. The van der Waals surface area contributed by atoms with Crippen LogP contribution in [0.5, 0.6) is 0 Å². The summed E-state index contributed by atoms with van der Waals surface area (Å²) in [5.74, 6) is -0.576. The second-order valence-electron chi connectivity index (χ2n) is 15.0. The van der Waals surface area contributed by atoms with Crippen LogP contribution in [0.15, 0.2) is 12.2 Å². The Kier molecular flexibility index (Phi) is 28.5. The van der Waals surface area contributed by atoms with Gasteiger partial charge < -0.3 is 46.0 Å². The van der Waals surface area contributed by atoms with Crippen molar-refractivity contribution in [2.75, 3.05) is 6.61 Å². The minimum atomic E-state index is -5.09. The number of phosphoric acid groups is 1. The average molecular weight is 782 g/mol. The SMILES string of the molecule is CCCCCCCCCCCCC/C=C\CCCCCCCC(O)CC(=O)NC(COP(=O)(O)OC1C(O)C(O)C(O)C(O)C1O)C(O)CCCCC. The van der Waals surface area contributed by atoms with E-state index >= 15 is 0 Å². The highest BCUT2D eigenvalue weighted by molar-refractivity contribution is 7.47. The van der Waals surface area contributed by atoms with Crippen LogP contribution in [-0.4, -0.2) is 108 Å². The number of allylic oxidation sites excluding steroid dienone is 2. The van der Waals surface area contributed by atoms with Crippen molar-refractivity contribution in [2.24, 2.45) is 0 Å². The maximum Gasteiger partial charge on any atom is 0.472 e. The molecule has 1 fully saturated rings. The molecule has 0 aliphatic heterocycles. The summed E-state index contributed by atoms with van der Waals surface area (Å²) >= 11 is 0. The van der Waals surface area contributed by atoms with Gasteiger partial charge in [0.05, 0.1) is 31.3 Å². The van der Waals surface area contributed by atoms with E-state index in [2.05, 4.69) is 24.4 Å². The Labute approximate surface area is 319 Å². The van der Waals surface area contributed by atoms with Gasteiger partial charge in [0.2, 0.25) is 5.91 Å². The summed E-state index contributed by atoms with van der Waals surface area (Å²) in [5, 5.41) is 73.6. The van der Waals surface area contributed by atoms with Gasteiger partial charge in [-0.25, -0.2) is 4.57 Å². The molecule has 53 heavy (non-hydrogen) atoms. The molecular formula is C39H76NO12P. The molecule has 1 saturated carbocycles. The Morgan fingerprint density at radius 3 is 1.57 bits per heavy atom. The first-order chi connectivity index (χ1) is 25.3. The van der Waals surface area contributed by atoms with Gasteiger partial charge in [-0.15, -0.1) is 0 Å². The first-order valence-corrected chi connectivity index (χ1v) is 22.2. The van der Waals surface area contributed by atoms with Crippen molar-refractivity contribution in [2.45, 2.75) is 223 Å². The Morgan fingerprint density at radius 1 is 0.642 bits per heavy atom. The van der Waals surface area contributed by atoms with Crippen molar-refractivity contribution in [1.82, 2.24) is 5.32 Å². The molecule has 0 radical (unpaired) electrons. The number of phosphoric ester groups is 1. The number of hydrogen-bond acceptors (Lipinski definition) is 11. The normalized spacial score (nSPS) is 24.9. The van der Waals surface area contributed by atoms with Crippen LogP contribution < -0.4 is 5.32 Å². The Bertz CT molecular complexity index is 974. The standard InChI is InChI=1S/C39H76NO12P/c1-3-5-7-8-9-10-11-12-13-14-15-16-17-18-19-20-21-22-23-25-26-30(41)28-33(43)40-31(32(42)27-24-6-4-2)29-51-53(49,50)52-39-37(47)35(45)34(44)36(46)38(39)48/h17-18,30-32,34-39,41-42,44-48H,3-16,19-29H2,1-2H3,(H,40,43)(H,49,50)/b18-17-. The number of aliphatic hydroxyl groups is 7. The van der Waals surface area contributed by atoms with Gasteiger partial charge in [0.15, 0.2) is 0 Å². The summed E-state index contributed by atoms with van der Waals surface area (Å²) < 4.78 is 22.5. The number of hydrogen-bond donors (Lipinski definition) is 9. The van der Waals surface area contributed by atoms with E-state index in [-0.39, 0.29) is 12.8 Å². The van der Waals surface area contributed by atoms with Gasteiger partial charge in [0, 0.05) is 0 Å². The van der Waals surface area contributed by atoms with E-state index in [0.29, 0.717) is 12.8 Å². The van der Waals surface area contributed by atoms with Crippen LogP contribution >= 0.6 is 7.82 Å². The Balaban J connectivity index is 2.31. The van der Waals surface area contributed by atoms with Crippen LogP contribution in [0.4, 0.5) is 0 Å². The summed E-state index contributed by atoms with van der Waals surface area (Å²) in [7, 11) is -5.09. The van der Waals surface area contributed by atoms with Crippen molar-refractivity contribution in [3.8, 4) is 0 Å². The fourth-order valence-electron chi connectivity index (χ4n) is 6.65. The highest BCUT2D eigenvalue weighted by Gasteiger charge is 2.51. The summed E-state index contributed by atoms with van der Waals surface area (Å²) in [6, 6.07) is -1.15. The third-order valence-electron chi connectivity index (χ3n) is 10.1. The van der Waals surface area contributed by atoms with Crippen LogP contribution in [0.2, 0.25) is 0 Å². The van der Waals surface area contributed by atoms with E-state index in [1.807, 2.05) is 6.92 Å². The monoisotopic (exact) mass is 782 g/mol. The Morgan fingerprint density at radius 2 is 1.06 bits per heavy atom. The minimum Gasteiger partial charge on any atom is -0.393 e. The minimum absolute atomic E-state index is 0.228. The molecule has 0 aromatic rings. The van der Waals surface area contributed by atoms with E-state index in [0.717, 1.165) is 57.8 Å². The summed E-state index contributed by atoms with van der Waals surface area (Å²) in [6.45, 7) is 3.55. The van der Waals surface area contributed by atoms with Crippen LogP contribution in [0, 0.1) is 0 Å². The predicted molar refractivity (Wildman–Crippen MR) is 206 cm³/mol. The molecule has 9 N–H and O–H groups in total. The van der Waals surface area contributed by atoms with Gasteiger partial charge in [-0.3, -0.25) is 13.8 Å². The molecule has 0 spiro atoms. The fourth-order valence-corrected chi connectivity index (χ4v) is 7.62. The van der Waals surface area contributed by atoms with Gasteiger partial charge in [-0.05, 0) is 38.5 Å². The van der Waals surface area contributed by atoms with E-state index in [9.17, 15) is 50.0 Å². The molecule has 0 saturated heterocycles. The molecule has 1 amide bonds. The molecule has 13 nitrogen and oxygen atoms in total. The predicted octanol–water partition coefficient (Wildman–Crippen LogP) is 5.47. The zero-order chi connectivity index (χ0) is 39.5. The first-order valence-electron chi connectivity index (χ1n) is 20.7. The Hall–Kier alpha value is -0.960. The molecule has 8 atom stereocenters. The number of amides is 1. The first kappa shape index (κ1) is 50.1. The molecule has 1 aliphatic carbocycles. The number of carbonyl (C=O) groups excluding carboxylic acids is 1. The highest BCUT2D eigenvalue weighted by atomic mass is 31.2. The molecule has 14 heteroatoms. The molecule has 1 rings (SSSR count). The molecule has 314 valence electrons. The summed E-state index contributed by atoms with van der Waals surface area (Å²) in [5.41, 5.74) is 0. The smallest absolute Gasteiger partial charge is 0.393 e. The summed E-state index contributed by atoms with van der Waals surface area (Å²) in [4.78, 5) is 23.1. The van der Waals surface area contributed by atoms with Crippen LogP contribution in [0.25, 0.3) is 0 Å². The fraction of sp³-hybridized carbons (Fsp3) is 0.923. The van der Waals surface area contributed by atoms with Crippen LogP contribution in [0.1, 0.15) is 168 Å². The maximum atomic E-state index is 12.8.